The van der Waals surface area contributed by atoms with Crippen molar-refractivity contribution in [3.05, 3.63) is 65.4 Å². The summed E-state index contributed by atoms with van der Waals surface area (Å²) in [6.07, 6.45) is 0.372. The van der Waals surface area contributed by atoms with Gasteiger partial charge in [-0.05, 0) is 56.9 Å². The van der Waals surface area contributed by atoms with Crippen LogP contribution in [0.5, 0.6) is 11.5 Å². The molecule has 0 spiro atoms. The number of hydrogen-bond donors (Lipinski definition) is 2. The van der Waals surface area contributed by atoms with Crippen molar-refractivity contribution in [3.8, 4) is 11.5 Å². The van der Waals surface area contributed by atoms with Gasteiger partial charge in [0.1, 0.15) is 11.8 Å². The lowest BCUT2D eigenvalue weighted by molar-refractivity contribution is -0.128. The second-order valence-electron chi connectivity index (χ2n) is 11.1. The van der Waals surface area contributed by atoms with E-state index < -0.39 is 29.3 Å². The minimum atomic E-state index is -1.13. The molecule has 0 aliphatic carbocycles. The van der Waals surface area contributed by atoms with E-state index in [2.05, 4.69) is 29.6 Å². The van der Waals surface area contributed by atoms with Gasteiger partial charge in [-0.25, -0.2) is 0 Å². The number of methoxy groups -OCH3 is 2. The number of benzene rings is 2. The van der Waals surface area contributed by atoms with Gasteiger partial charge in [-0.2, -0.15) is 0 Å². The van der Waals surface area contributed by atoms with E-state index in [4.69, 9.17) is 14.0 Å². The predicted octanol–water partition coefficient (Wildman–Crippen LogP) is 5.92. The number of rotatable bonds is 13. The van der Waals surface area contributed by atoms with Crippen molar-refractivity contribution >= 4 is 29.2 Å². The van der Waals surface area contributed by atoms with Crippen LogP contribution < -0.4 is 25.0 Å². The molecule has 42 heavy (non-hydrogen) atoms. The van der Waals surface area contributed by atoms with Gasteiger partial charge in [0.2, 0.25) is 17.7 Å². The quantitative estimate of drug-likeness (QED) is 0.258. The zero-order chi connectivity index (χ0) is 31.0. The summed E-state index contributed by atoms with van der Waals surface area (Å²) in [7, 11) is 3.01. The maximum Gasteiger partial charge on any atom is 0.248 e. The molecule has 1 aromatic heterocycles. The Balaban J connectivity index is 2.10. The average molecular weight is 579 g/mol. The summed E-state index contributed by atoms with van der Waals surface area (Å²) in [6, 6.07) is 13.2. The highest BCUT2D eigenvalue weighted by Gasteiger charge is 2.37. The number of carbonyl (C=O) groups excluding carboxylic acids is 3. The summed E-state index contributed by atoms with van der Waals surface area (Å²) in [5, 5.41) is 9.52. The molecule has 2 aromatic carbocycles. The van der Waals surface area contributed by atoms with Gasteiger partial charge in [0.15, 0.2) is 17.3 Å². The van der Waals surface area contributed by atoms with Crippen LogP contribution in [0.4, 0.5) is 11.5 Å². The Morgan fingerprint density at radius 1 is 1.02 bits per heavy atom. The number of aromatic nitrogens is 1. The van der Waals surface area contributed by atoms with Crippen LogP contribution in [0.3, 0.4) is 0 Å². The van der Waals surface area contributed by atoms with Crippen molar-refractivity contribution in [2.24, 2.45) is 0 Å². The number of nitrogens with zero attached hydrogens (tertiary/aromatic N) is 2. The minimum absolute atomic E-state index is 0.130. The third-order valence-electron chi connectivity index (χ3n) is 7.15. The molecule has 0 saturated heterocycles. The Kier molecular flexibility index (Phi) is 10.7. The number of para-hydroxylation sites is 1. The van der Waals surface area contributed by atoms with Crippen molar-refractivity contribution < 1.29 is 28.4 Å². The molecule has 0 radical (unpaired) electrons. The minimum Gasteiger partial charge on any atom is -0.493 e. The van der Waals surface area contributed by atoms with E-state index >= 15 is 0 Å². The van der Waals surface area contributed by atoms with E-state index in [1.165, 1.54) is 19.1 Å². The normalized spacial score (nSPS) is 12.0. The van der Waals surface area contributed by atoms with Gasteiger partial charge in [-0.15, -0.1) is 0 Å². The first kappa shape index (κ1) is 32.2. The van der Waals surface area contributed by atoms with Crippen LogP contribution in [0.15, 0.2) is 53.1 Å². The molecular weight excluding hydrogens is 536 g/mol. The molecule has 1 heterocycles. The number of aryl methyl sites for hydroxylation is 1. The van der Waals surface area contributed by atoms with Crippen LogP contribution in [0.2, 0.25) is 0 Å². The monoisotopic (exact) mass is 578 g/mol. The Morgan fingerprint density at radius 3 is 2.26 bits per heavy atom. The molecule has 2 N–H and O–H groups in total. The average Bonchev–Trinajstić information content (AvgIpc) is 3.37. The largest absolute Gasteiger partial charge is 0.493 e. The molecule has 0 bridgehead atoms. The van der Waals surface area contributed by atoms with Gasteiger partial charge >= 0.3 is 0 Å². The first-order valence-electron chi connectivity index (χ1n) is 14.1. The van der Waals surface area contributed by atoms with Gasteiger partial charge in [-0.3, -0.25) is 19.3 Å². The van der Waals surface area contributed by atoms with E-state index in [9.17, 15) is 14.4 Å². The predicted molar refractivity (Wildman–Crippen MR) is 162 cm³/mol. The number of anilines is 2. The maximum atomic E-state index is 14.2. The Bertz CT molecular complexity index is 1380. The first-order chi connectivity index (χ1) is 19.9. The Hall–Kier alpha value is -4.34. The second-order valence-corrected chi connectivity index (χ2v) is 11.1. The lowest BCUT2D eigenvalue weighted by Gasteiger charge is -2.35. The molecule has 10 nitrogen and oxygen atoms in total. The highest BCUT2D eigenvalue weighted by Crippen LogP contribution is 2.40. The van der Waals surface area contributed by atoms with Gasteiger partial charge in [0, 0.05) is 35.7 Å². The third-order valence-corrected chi connectivity index (χ3v) is 7.15. The number of ether oxygens (including phenoxy) is 2. The topological polar surface area (TPSA) is 123 Å². The molecule has 3 rings (SSSR count). The number of carbonyl (C=O) groups is 3. The smallest absolute Gasteiger partial charge is 0.248 e. The first-order valence-corrected chi connectivity index (χ1v) is 14.1. The van der Waals surface area contributed by atoms with E-state index in [0.29, 0.717) is 34.9 Å². The zero-order valence-electron chi connectivity index (χ0n) is 25.7. The molecular formula is C32H42N4O6. The molecule has 226 valence electrons. The molecule has 0 fully saturated rings. The molecule has 0 aliphatic heterocycles. The van der Waals surface area contributed by atoms with Crippen LogP contribution in [0.25, 0.3) is 0 Å². The van der Waals surface area contributed by atoms with Crippen molar-refractivity contribution in [1.29, 1.82) is 0 Å². The Morgan fingerprint density at radius 2 is 1.71 bits per heavy atom. The molecule has 0 aliphatic rings. The molecule has 0 unspecified atom stereocenters. The summed E-state index contributed by atoms with van der Waals surface area (Å²) >= 11 is 0. The molecule has 0 saturated carbocycles. The fourth-order valence-corrected chi connectivity index (χ4v) is 4.44. The van der Waals surface area contributed by atoms with Gasteiger partial charge in [0.05, 0.1) is 14.2 Å². The number of nitrogens with one attached hydrogen (secondary N) is 2. The summed E-state index contributed by atoms with van der Waals surface area (Å²) in [6.45, 7) is 11.7. The number of hydrogen-bond acceptors (Lipinski definition) is 7. The van der Waals surface area contributed by atoms with Crippen LogP contribution in [0, 0.1) is 6.92 Å². The van der Waals surface area contributed by atoms with E-state index in [0.717, 1.165) is 5.56 Å². The standard InChI is InChI=1S/C32H42N4O6/c1-9-32(5,6)34-31(39)29(24-11-10-12-25(40-7)30(24)41-8)36(23-15-13-22(14-16-23)20(2)3)28(38)18-17-27(37)33-26-19-21(4)42-35-26/h10-16,19-20,29H,9,17-18H2,1-8H3,(H,34,39)(H,33,35,37)/t29-/m0/s1. The van der Waals surface area contributed by atoms with Gasteiger partial charge < -0.3 is 24.6 Å². The zero-order valence-corrected chi connectivity index (χ0v) is 25.7. The van der Waals surface area contributed by atoms with Crippen LogP contribution >= 0.6 is 0 Å². The summed E-state index contributed by atoms with van der Waals surface area (Å²) in [4.78, 5) is 42.4. The lowest BCUT2D eigenvalue weighted by Crippen LogP contribution is -2.50. The summed E-state index contributed by atoms with van der Waals surface area (Å²) in [5.41, 5.74) is 1.50. The summed E-state index contributed by atoms with van der Waals surface area (Å²) in [5.74, 6) is 0.640. The van der Waals surface area contributed by atoms with Crippen LogP contribution in [-0.4, -0.2) is 42.6 Å². The maximum absolute atomic E-state index is 14.2. The second kappa shape index (κ2) is 14.0. The van der Waals surface area contributed by atoms with Crippen molar-refractivity contribution in [2.45, 2.75) is 78.3 Å². The van der Waals surface area contributed by atoms with Gasteiger partial charge in [-0.1, -0.05) is 50.2 Å². The van der Waals surface area contributed by atoms with Crippen LogP contribution in [-0.2, 0) is 14.4 Å². The van der Waals surface area contributed by atoms with Crippen molar-refractivity contribution in [1.82, 2.24) is 10.5 Å². The van der Waals surface area contributed by atoms with E-state index in [1.807, 2.05) is 45.0 Å². The molecule has 3 amide bonds. The highest BCUT2D eigenvalue weighted by atomic mass is 16.5. The van der Waals surface area contributed by atoms with E-state index in [-0.39, 0.29) is 24.6 Å². The molecule has 10 heteroatoms. The molecule has 1 atom stereocenters. The SMILES string of the molecule is CCC(C)(C)NC(=O)[C@H](c1cccc(OC)c1OC)N(C(=O)CCC(=O)Nc1cc(C)on1)c1ccc(C(C)C)cc1. The van der Waals surface area contributed by atoms with Crippen molar-refractivity contribution in [2.75, 3.05) is 24.4 Å². The van der Waals surface area contributed by atoms with Crippen LogP contribution in [0.1, 0.15) is 82.7 Å². The number of amides is 3. The van der Waals surface area contributed by atoms with E-state index in [1.54, 1.807) is 31.2 Å². The lowest BCUT2D eigenvalue weighted by atomic mass is 9.96. The third kappa shape index (κ3) is 7.90. The molecule has 3 aromatic rings. The fourth-order valence-electron chi connectivity index (χ4n) is 4.44. The summed E-state index contributed by atoms with van der Waals surface area (Å²) < 4.78 is 16.2. The van der Waals surface area contributed by atoms with Crippen molar-refractivity contribution in [3.63, 3.8) is 0 Å². The Labute approximate surface area is 247 Å². The highest BCUT2D eigenvalue weighted by molar-refractivity contribution is 6.03. The fraction of sp³-hybridized carbons (Fsp3) is 0.438. The van der Waals surface area contributed by atoms with Gasteiger partial charge in [0.25, 0.3) is 0 Å².